The quantitative estimate of drug-likeness (QED) is 0.600. The predicted octanol–water partition coefficient (Wildman–Crippen LogP) is 2.62. The summed E-state index contributed by atoms with van der Waals surface area (Å²) in [5.74, 6) is 0.370. The van der Waals surface area contributed by atoms with E-state index < -0.39 is 0 Å². The lowest BCUT2D eigenvalue weighted by Crippen LogP contribution is -2.28. The van der Waals surface area contributed by atoms with Crippen LogP contribution in [0.5, 0.6) is 0 Å². The summed E-state index contributed by atoms with van der Waals surface area (Å²) in [4.78, 5) is 25.9. The van der Waals surface area contributed by atoms with E-state index in [0.717, 1.165) is 42.9 Å². The predicted molar refractivity (Wildman–Crippen MR) is 102 cm³/mol. The van der Waals surface area contributed by atoms with E-state index in [-0.39, 0.29) is 17.8 Å². The Morgan fingerprint density at radius 1 is 1.21 bits per heavy atom. The molecule has 0 aliphatic carbocycles. The Kier molecular flexibility index (Phi) is 3.99. The van der Waals surface area contributed by atoms with Gasteiger partial charge in [0, 0.05) is 32.0 Å². The van der Waals surface area contributed by atoms with Crippen molar-refractivity contribution < 1.29 is 9.18 Å². The number of carbonyl (C=O) groups excluding carboxylic acids is 1. The number of carbonyl (C=O) groups is 1. The Morgan fingerprint density at radius 2 is 2.11 bits per heavy atom. The standard InChI is InChI=1S/C20H21FN6O/c1-25-7-2-4-16-14(10-13(21)11-22-16)17-5-3-8-26(17)18-6-9-27-19(24-18)15(12-23-27)20(25)28/h6,9-12,17H,2-5,7-8H2,1H3/t17-/m1/s1. The normalized spacial score (nSPS) is 19.9. The van der Waals surface area contributed by atoms with E-state index in [2.05, 4.69) is 15.0 Å². The highest BCUT2D eigenvalue weighted by Gasteiger charge is 2.31. The van der Waals surface area contributed by atoms with Gasteiger partial charge in [-0.3, -0.25) is 9.78 Å². The van der Waals surface area contributed by atoms with Crippen molar-refractivity contribution in [2.24, 2.45) is 0 Å². The maximum absolute atomic E-state index is 14.0. The molecule has 0 aromatic carbocycles. The van der Waals surface area contributed by atoms with Crippen LogP contribution in [0.4, 0.5) is 10.2 Å². The van der Waals surface area contributed by atoms with Crippen molar-refractivity contribution in [3.63, 3.8) is 0 Å². The molecule has 1 saturated heterocycles. The lowest BCUT2D eigenvalue weighted by atomic mass is 9.99. The van der Waals surface area contributed by atoms with E-state index in [1.165, 1.54) is 6.20 Å². The Morgan fingerprint density at radius 3 is 3.00 bits per heavy atom. The van der Waals surface area contributed by atoms with Gasteiger partial charge in [-0.05, 0) is 43.4 Å². The number of nitrogens with zero attached hydrogens (tertiary/aromatic N) is 6. The number of pyridine rings is 1. The minimum Gasteiger partial charge on any atom is -0.349 e. The molecular formula is C20H21FN6O. The van der Waals surface area contributed by atoms with Gasteiger partial charge >= 0.3 is 0 Å². The van der Waals surface area contributed by atoms with Gasteiger partial charge in [-0.15, -0.1) is 0 Å². The summed E-state index contributed by atoms with van der Waals surface area (Å²) in [6, 6.07) is 3.55. The van der Waals surface area contributed by atoms with Gasteiger partial charge in [0.25, 0.3) is 5.91 Å². The van der Waals surface area contributed by atoms with Crippen LogP contribution in [0.15, 0.2) is 30.7 Å². The van der Waals surface area contributed by atoms with E-state index in [4.69, 9.17) is 4.98 Å². The van der Waals surface area contributed by atoms with Crippen LogP contribution in [-0.4, -0.2) is 50.5 Å². The van der Waals surface area contributed by atoms with E-state index in [0.29, 0.717) is 24.2 Å². The SMILES string of the molecule is CN1CCCc2ncc(F)cc2[C@H]2CCCN2c2ccn3ncc(c3n2)C1=O. The van der Waals surface area contributed by atoms with Gasteiger partial charge in [0.2, 0.25) is 0 Å². The average Bonchev–Trinajstić information content (AvgIpc) is 3.34. The monoisotopic (exact) mass is 380 g/mol. The lowest BCUT2D eigenvalue weighted by molar-refractivity contribution is 0.0795. The highest BCUT2D eigenvalue weighted by molar-refractivity contribution is 5.99. The molecule has 1 amide bonds. The number of rotatable bonds is 0. The highest BCUT2D eigenvalue weighted by atomic mass is 19.1. The van der Waals surface area contributed by atoms with Crippen LogP contribution in [-0.2, 0) is 6.42 Å². The molecule has 2 bridgehead atoms. The first kappa shape index (κ1) is 17.1. The number of fused-ring (bicyclic) bond motifs is 5. The first-order valence-electron chi connectivity index (χ1n) is 9.62. The van der Waals surface area contributed by atoms with Crippen LogP contribution < -0.4 is 4.90 Å². The van der Waals surface area contributed by atoms with Gasteiger partial charge in [-0.2, -0.15) is 5.10 Å². The zero-order chi connectivity index (χ0) is 19.3. The molecule has 5 rings (SSSR count). The second-order valence-electron chi connectivity index (χ2n) is 7.48. The summed E-state index contributed by atoms with van der Waals surface area (Å²) >= 11 is 0. The Labute approximate surface area is 161 Å². The van der Waals surface area contributed by atoms with Gasteiger partial charge in [-0.25, -0.2) is 13.9 Å². The van der Waals surface area contributed by atoms with Crippen LogP contribution >= 0.6 is 0 Å². The Hall–Kier alpha value is -3.03. The zero-order valence-electron chi connectivity index (χ0n) is 15.7. The van der Waals surface area contributed by atoms with E-state index >= 15 is 0 Å². The molecule has 144 valence electrons. The first-order chi connectivity index (χ1) is 13.6. The molecule has 0 N–H and O–H groups in total. The topological polar surface area (TPSA) is 66.6 Å². The summed E-state index contributed by atoms with van der Waals surface area (Å²) in [5.41, 5.74) is 2.89. The average molecular weight is 380 g/mol. The minimum atomic E-state index is -0.316. The largest absolute Gasteiger partial charge is 0.349 e. The number of hydrogen-bond acceptors (Lipinski definition) is 5. The van der Waals surface area contributed by atoms with Crippen molar-refractivity contribution in [3.05, 3.63) is 53.4 Å². The number of amides is 1. The maximum Gasteiger partial charge on any atom is 0.259 e. The third kappa shape index (κ3) is 2.71. The minimum absolute atomic E-state index is 0.0358. The molecular weight excluding hydrogens is 359 g/mol. The fraction of sp³-hybridized carbons (Fsp3) is 0.400. The van der Waals surface area contributed by atoms with Crippen molar-refractivity contribution in [2.75, 3.05) is 25.0 Å². The van der Waals surface area contributed by atoms with Gasteiger partial charge in [0.15, 0.2) is 5.65 Å². The summed E-state index contributed by atoms with van der Waals surface area (Å²) in [6.07, 6.45) is 8.08. The molecule has 3 aromatic heterocycles. The molecule has 0 saturated carbocycles. The fourth-order valence-corrected chi connectivity index (χ4v) is 4.31. The zero-order valence-corrected chi connectivity index (χ0v) is 15.7. The number of aryl methyl sites for hydroxylation is 1. The summed E-state index contributed by atoms with van der Waals surface area (Å²) in [7, 11) is 1.78. The molecule has 7 nitrogen and oxygen atoms in total. The van der Waals surface area contributed by atoms with Crippen molar-refractivity contribution in [2.45, 2.75) is 31.7 Å². The smallest absolute Gasteiger partial charge is 0.259 e. The number of halogens is 1. The molecule has 28 heavy (non-hydrogen) atoms. The third-order valence-electron chi connectivity index (χ3n) is 5.72. The summed E-state index contributed by atoms with van der Waals surface area (Å²) < 4.78 is 15.7. The van der Waals surface area contributed by atoms with Crippen molar-refractivity contribution in [3.8, 4) is 0 Å². The van der Waals surface area contributed by atoms with Gasteiger partial charge in [0.1, 0.15) is 17.2 Å². The summed E-state index contributed by atoms with van der Waals surface area (Å²) in [5, 5.41) is 4.28. The number of hydrogen-bond donors (Lipinski definition) is 0. The molecule has 8 heteroatoms. The molecule has 0 radical (unpaired) electrons. The maximum atomic E-state index is 14.0. The molecule has 0 spiro atoms. The van der Waals surface area contributed by atoms with Gasteiger partial charge in [0.05, 0.1) is 18.4 Å². The first-order valence-corrected chi connectivity index (χ1v) is 9.62. The molecule has 5 heterocycles. The molecule has 0 unspecified atom stereocenters. The summed E-state index contributed by atoms with van der Waals surface area (Å²) in [6.45, 7) is 1.42. The molecule has 2 aliphatic rings. The fourth-order valence-electron chi connectivity index (χ4n) is 4.31. The number of anilines is 1. The van der Waals surface area contributed by atoms with Crippen molar-refractivity contribution in [1.29, 1.82) is 0 Å². The van der Waals surface area contributed by atoms with E-state index in [1.807, 2.05) is 12.3 Å². The van der Waals surface area contributed by atoms with E-state index in [1.54, 1.807) is 28.7 Å². The van der Waals surface area contributed by atoms with Gasteiger partial charge < -0.3 is 9.80 Å². The van der Waals surface area contributed by atoms with Crippen LogP contribution in [0.1, 0.15) is 46.9 Å². The molecule has 2 aliphatic heterocycles. The second kappa shape index (κ2) is 6.54. The van der Waals surface area contributed by atoms with Crippen LogP contribution in [0.25, 0.3) is 5.65 Å². The lowest BCUT2D eigenvalue weighted by Gasteiger charge is -2.27. The Balaban J connectivity index is 1.69. The molecule has 3 aromatic rings. The van der Waals surface area contributed by atoms with Crippen molar-refractivity contribution >= 4 is 17.4 Å². The highest BCUT2D eigenvalue weighted by Crippen LogP contribution is 2.37. The Bertz CT molecular complexity index is 1060. The third-order valence-corrected chi connectivity index (χ3v) is 5.72. The van der Waals surface area contributed by atoms with Crippen molar-refractivity contribution in [1.82, 2.24) is 24.5 Å². The van der Waals surface area contributed by atoms with Crippen LogP contribution in [0.2, 0.25) is 0 Å². The molecule has 1 fully saturated rings. The van der Waals surface area contributed by atoms with Gasteiger partial charge in [-0.1, -0.05) is 0 Å². The van der Waals surface area contributed by atoms with Crippen LogP contribution in [0.3, 0.4) is 0 Å². The number of aromatic nitrogens is 4. The van der Waals surface area contributed by atoms with Crippen LogP contribution in [0, 0.1) is 5.82 Å². The second-order valence-corrected chi connectivity index (χ2v) is 7.48. The molecule has 1 atom stereocenters. The van der Waals surface area contributed by atoms with E-state index in [9.17, 15) is 9.18 Å².